The molecule has 0 spiro atoms. The summed E-state index contributed by atoms with van der Waals surface area (Å²) in [6, 6.07) is 65.5. The number of fused-ring (bicyclic) bond motifs is 8. The van der Waals surface area contributed by atoms with Gasteiger partial charge in [-0.25, -0.2) is 9.97 Å². The lowest BCUT2D eigenvalue weighted by Gasteiger charge is -2.34. The van der Waals surface area contributed by atoms with Crippen LogP contribution in [-0.4, -0.2) is 9.97 Å². The van der Waals surface area contributed by atoms with Crippen molar-refractivity contribution in [3.63, 3.8) is 0 Å². The van der Waals surface area contributed by atoms with Crippen molar-refractivity contribution in [1.82, 2.24) is 9.97 Å². The normalized spacial score (nSPS) is 13.1. The van der Waals surface area contributed by atoms with Gasteiger partial charge in [0.2, 0.25) is 0 Å². The van der Waals surface area contributed by atoms with Gasteiger partial charge in [0, 0.05) is 21.9 Å². The lowest BCUT2D eigenvalue weighted by molar-refractivity contribution is 0.775. The number of aromatic nitrogens is 2. The van der Waals surface area contributed by atoms with Crippen LogP contribution in [-0.2, 0) is 5.41 Å². The highest BCUT2D eigenvalue weighted by Crippen LogP contribution is 2.58. The number of hydrogen-bond acceptors (Lipinski definition) is 2. The van der Waals surface area contributed by atoms with E-state index in [4.69, 9.17) is 9.97 Å². The first kappa shape index (κ1) is 27.7. The third kappa shape index (κ3) is 4.01. The van der Waals surface area contributed by atoms with E-state index in [1.54, 1.807) is 0 Å². The minimum atomic E-state index is -0.498. The molecule has 0 aliphatic heterocycles. The molecule has 0 saturated heterocycles. The van der Waals surface area contributed by atoms with Crippen molar-refractivity contribution in [2.24, 2.45) is 0 Å². The summed E-state index contributed by atoms with van der Waals surface area (Å²) in [6.07, 6.45) is 0. The Morgan fingerprint density at radius 2 is 0.980 bits per heavy atom. The molecule has 0 radical (unpaired) electrons. The molecule has 0 N–H and O–H groups in total. The van der Waals surface area contributed by atoms with Crippen molar-refractivity contribution in [2.75, 3.05) is 0 Å². The lowest BCUT2D eigenvalue weighted by Crippen LogP contribution is -2.28. The molecule has 49 heavy (non-hydrogen) atoms. The van der Waals surface area contributed by atoms with Crippen molar-refractivity contribution in [2.45, 2.75) is 5.41 Å². The Balaban J connectivity index is 1.32. The molecule has 0 unspecified atom stereocenters. The molecule has 10 rings (SSSR count). The second-order valence-corrected chi connectivity index (χ2v) is 12.9. The van der Waals surface area contributed by atoms with Crippen LogP contribution in [0.2, 0.25) is 0 Å². The molecule has 2 nitrogen and oxygen atoms in total. The zero-order valence-corrected chi connectivity index (χ0v) is 26.7. The molecule has 0 saturated carbocycles. The van der Waals surface area contributed by atoms with Crippen LogP contribution in [0.15, 0.2) is 182 Å². The van der Waals surface area contributed by atoms with Crippen LogP contribution in [0.1, 0.15) is 22.3 Å². The molecule has 0 amide bonds. The molecule has 9 aromatic rings. The Hall–Kier alpha value is -6.38. The van der Waals surface area contributed by atoms with E-state index < -0.39 is 5.41 Å². The maximum atomic E-state index is 5.38. The van der Waals surface area contributed by atoms with E-state index in [0.717, 1.165) is 44.3 Å². The van der Waals surface area contributed by atoms with E-state index in [1.165, 1.54) is 44.2 Å². The fourth-order valence-electron chi connectivity index (χ4n) is 8.30. The molecule has 228 valence electrons. The molecule has 2 heteroatoms. The lowest BCUT2D eigenvalue weighted by atomic mass is 9.66. The molecule has 1 aromatic heterocycles. The number of hydrogen-bond donors (Lipinski definition) is 0. The van der Waals surface area contributed by atoms with Gasteiger partial charge in [-0.1, -0.05) is 176 Å². The van der Waals surface area contributed by atoms with Crippen LogP contribution in [0.5, 0.6) is 0 Å². The molecule has 1 aliphatic carbocycles. The predicted molar refractivity (Wildman–Crippen MR) is 203 cm³/mol. The van der Waals surface area contributed by atoms with E-state index in [0.29, 0.717) is 0 Å². The summed E-state index contributed by atoms with van der Waals surface area (Å²) < 4.78 is 0. The van der Waals surface area contributed by atoms with E-state index in [9.17, 15) is 0 Å². The van der Waals surface area contributed by atoms with Crippen molar-refractivity contribution < 1.29 is 0 Å². The average Bonchev–Trinajstić information content (AvgIpc) is 3.50. The Bertz CT molecular complexity index is 2660. The average molecular weight is 623 g/mol. The summed E-state index contributed by atoms with van der Waals surface area (Å²) in [5.74, 6) is 0.730. The monoisotopic (exact) mass is 622 g/mol. The minimum absolute atomic E-state index is 0.498. The fourth-order valence-corrected chi connectivity index (χ4v) is 8.30. The van der Waals surface area contributed by atoms with Crippen molar-refractivity contribution in [3.8, 4) is 33.8 Å². The first-order chi connectivity index (χ1) is 24.3. The smallest absolute Gasteiger partial charge is 0.161 e. The Kier molecular flexibility index (Phi) is 6.13. The topological polar surface area (TPSA) is 25.8 Å². The molecule has 1 heterocycles. The first-order valence-electron chi connectivity index (χ1n) is 16.8. The maximum Gasteiger partial charge on any atom is 0.161 e. The van der Waals surface area contributed by atoms with Crippen molar-refractivity contribution in [3.05, 3.63) is 204 Å². The summed E-state index contributed by atoms with van der Waals surface area (Å²) in [6.45, 7) is 0. The molecule has 0 fully saturated rings. The van der Waals surface area contributed by atoms with E-state index in [-0.39, 0.29) is 0 Å². The SMILES string of the molecule is c1ccc(-c2nc(-c3cccc4c5c(ccc34)-c3ccccc3C5(c3ccccc3)c3ccccc3)nc3c2ccc2ccccc23)cc1. The molecule has 0 atom stereocenters. The van der Waals surface area contributed by atoms with Gasteiger partial charge < -0.3 is 0 Å². The van der Waals surface area contributed by atoms with Crippen LogP contribution in [0.3, 0.4) is 0 Å². The zero-order chi connectivity index (χ0) is 32.4. The molecule has 8 aromatic carbocycles. The summed E-state index contributed by atoms with van der Waals surface area (Å²) in [5, 5.41) is 5.70. The summed E-state index contributed by atoms with van der Waals surface area (Å²) >= 11 is 0. The van der Waals surface area contributed by atoms with Crippen molar-refractivity contribution >= 4 is 32.4 Å². The third-order valence-corrected chi connectivity index (χ3v) is 10.4. The van der Waals surface area contributed by atoms with Gasteiger partial charge in [-0.15, -0.1) is 0 Å². The minimum Gasteiger partial charge on any atom is -0.227 e. The number of rotatable bonds is 4. The van der Waals surface area contributed by atoms with E-state index in [1.807, 2.05) is 0 Å². The Morgan fingerprint density at radius 3 is 1.76 bits per heavy atom. The quantitative estimate of drug-likeness (QED) is 0.183. The Labute approximate surface area is 285 Å². The van der Waals surface area contributed by atoms with Crippen LogP contribution in [0.4, 0.5) is 0 Å². The summed E-state index contributed by atoms with van der Waals surface area (Å²) in [5.41, 5.74) is 11.2. The van der Waals surface area contributed by atoms with Gasteiger partial charge in [-0.3, -0.25) is 0 Å². The highest BCUT2D eigenvalue weighted by Gasteiger charge is 2.47. The maximum absolute atomic E-state index is 5.38. The van der Waals surface area contributed by atoms with Gasteiger partial charge in [0.05, 0.1) is 16.6 Å². The largest absolute Gasteiger partial charge is 0.227 e. The van der Waals surface area contributed by atoms with E-state index >= 15 is 0 Å². The van der Waals surface area contributed by atoms with Crippen LogP contribution in [0.25, 0.3) is 66.2 Å². The summed E-state index contributed by atoms with van der Waals surface area (Å²) in [7, 11) is 0. The second-order valence-electron chi connectivity index (χ2n) is 12.9. The number of benzene rings is 8. The third-order valence-electron chi connectivity index (χ3n) is 10.4. The Morgan fingerprint density at radius 1 is 0.367 bits per heavy atom. The van der Waals surface area contributed by atoms with Crippen LogP contribution >= 0.6 is 0 Å². The van der Waals surface area contributed by atoms with Crippen molar-refractivity contribution in [1.29, 1.82) is 0 Å². The van der Waals surface area contributed by atoms with E-state index in [2.05, 4.69) is 182 Å². The number of nitrogens with zero attached hydrogens (tertiary/aromatic N) is 2. The summed E-state index contributed by atoms with van der Waals surface area (Å²) in [4.78, 5) is 10.8. The van der Waals surface area contributed by atoms with Gasteiger partial charge >= 0.3 is 0 Å². The van der Waals surface area contributed by atoms with Gasteiger partial charge in [0.15, 0.2) is 5.82 Å². The highest BCUT2D eigenvalue weighted by atomic mass is 14.9. The molecular formula is C47H30N2. The second kappa shape index (κ2) is 10.8. The highest BCUT2D eigenvalue weighted by molar-refractivity contribution is 6.11. The van der Waals surface area contributed by atoms with Gasteiger partial charge in [-0.05, 0) is 55.6 Å². The van der Waals surface area contributed by atoms with Gasteiger partial charge in [-0.2, -0.15) is 0 Å². The van der Waals surface area contributed by atoms with Crippen LogP contribution < -0.4 is 0 Å². The predicted octanol–water partition coefficient (Wildman–Crippen LogP) is 11.6. The molecular weight excluding hydrogens is 593 g/mol. The van der Waals surface area contributed by atoms with Gasteiger partial charge in [0.1, 0.15) is 0 Å². The first-order valence-corrected chi connectivity index (χ1v) is 16.8. The standard InChI is InChI=1S/C47H30N2/c1-4-16-32(17-5-1)44-41-28-27-31-15-10-11-22-35(31)45(41)49-46(48-44)40-25-14-24-38-36(40)29-30-39-37-23-12-13-26-42(37)47(43(38)39,33-18-6-2-7-19-33)34-20-8-3-9-21-34/h1-30H. The molecule has 0 bridgehead atoms. The fraction of sp³-hybridized carbons (Fsp3) is 0.0213. The van der Waals surface area contributed by atoms with Crippen LogP contribution in [0, 0.1) is 0 Å². The zero-order valence-electron chi connectivity index (χ0n) is 26.7. The molecule has 1 aliphatic rings. The van der Waals surface area contributed by atoms with Gasteiger partial charge in [0.25, 0.3) is 0 Å².